The molecule has 150 valence electrons. The molecule has 4 nitrogen and oxygen atoms in total. The van der Waals surface area contributed by atoms with Crippen LogP contribution in [0.25, 0.3) is 0 Å². The number of carbonyl (C=O) groups is 1. The van der Waals surface area contributed by atoms with E-state index in [0.717, 1.165) is 22.5 Å². The molecule has 30 heavy (non-hydrogen) atoms. The zero-order valence-corrected chi connectivity index (χ0v) is 17.6. The van der Waals surface area contributed by atoms with Crippen LogP contribution in [-0.2, 0) is 15.8 Å². The fraction of sp³-hybridized carbons (Fsp3) is 0.269. The first-order chi connectivity index (χ1) is 14.4. The van der Waals surface area contributed by atoms with Gasteiger partial charge in [-0.2, -0.15) is 0 Å². The average Bonchev–Trinajstić information content (AvgIpc) is 3.13. The van der Waals surface area contributed by atoms with E-state index in [0.29, 0.717) is 0 Å². The van der Waals surface area contributed by atoms with E-state index in [1.807, 2.05) is 40.3 Å². The summed E-state index contributed by atoms with van der Waals surface area (Å²) in [6.45, 7) is 0. The van der Waals surface area contributed by atoms with Crippen molar-refractivity contribution < 1.29 is 9.53 Å². The summed E-state index contributed by atoms with van der Waals surface area (Å²) >= 11 is 0. The van der Waals surface area contributed by atoms with Gasteiger partial charge < -0.3 is 14.5 Å². The number of benzene rings is 3. The molecule has 4 heteroatoms. The molecule has 2 aliphatic carbocycles. The van der Waals surface area contributed by atoms with Crippen LogP contribution in [0.2, 0.25) is 0 Å². The van der Waals surface area contributed by atoms with Crippen molar-refractivity contribution in [1.29, 1.82) is 0 Å². The molecule has 3 aromatic carbocycles. The zero-order valence-electron chi connectivity index (χ0n) is 17.6. The van der Waals surface area contributed by atoms with Crippen LogP contribution >= 0.6 is 0 Å². The fourth-order valence-corrected chi connectivity index (χ4v) is 5.92. The molecule has 2 atom stereocenters. The Balaban J connectivity index is 1.57. The van der Waals surface area contributed by atoms with E-state index < -0.39 is 5.60 Å². The molecule has 2 unspecified atom stereocenters. The summed E-state index contributed by atoms with van der Waals surface area (Å²) in [6.07, 6.45) is 0. The Morgan fingerprint density at radius 1 is 0.767 bits per heavy atom. The van der Waals surface area contributed by atoms with Crippen molar-refractivity contribution in [3.63, 3.8) is 0 Å². The first-order valence-electron chi connectivity index (χ1n) is 10.4. The lowest BCUT2D eigenvalue weighted by Crippen LogP contribution is -2.25. The van der Waals surface area contributed by atoms with Gasteiger partial charge in [0.05, 0.1) is 11.0 Å². The van der Waals surface area contributed by atoms with Crippen molar-refractivity contribution in [3.8, 4) is 0 Å². The van der Waals surface area contributed by atoms with Crippen LogP contribution in [0.1, 0.15) is 38.5 Å². The minimum absolute atomic E-state index is 0.168. The maximum absolute atomic E-state index is 12.7. The van der Waals surface area contributed by atoms with Gasteiger partial charge in [-0.25, -0.2) is 4.79 Å². The summed E-state index contributed by atoms with van der Waals surface area (Å²) in [5, 5.41) is 0. The molecule has 1 fully saturated rings. The Morgan fingerprint density at radius 2 is 1.30 bits per heavy atom. The van der Waals surface area contributed by atoms with Crippen molar-refractivity contribution in [1.82, 2.24) is 0 Å². The lowest BCUT2D eigenvalue weighted by Gasteiger charge is -2.25. The predicted molar refractivity (Wildman–Crippen MR) is 119 cm³/mol. The standard InChI is InChI=1S/C26H24N2O2/c1-27(2)18-12-8-16(9-13-18)25(17-10-14-19(15-11-17)28(3)4)23-20-6-5-7-21-22(20)26(23,25)30-24(21)29/h5-15,23H,1-4H3. The maximum Gasteiger partial charge on any atom is 0.339 e. The number of ether oxygens (including phenoxy) is 1. The third-order valence-corrected chi connectivity index (χ3v) is 7.27. The molecule has 6 rings (SSSR count). The van der Waals surface area contributed by atoms with Gasteiger partial charge in [0.15, 0.2) is 5.60 Å². The van der Waals surface area contributed by atoms with Crippen LogP contribution in [-0.4, -0.2) is 34.2 Å². The SMILES string of the molecule is CN(C)c1ccc(C2(c3ccc(N(C)C)cc3)C3c4cccc5c4C32OC5=O)cc1. The Morgan fingerprint density at radius 3 is 1.80 bits per heavy atom. The van der Waals surface area contributed by atoms with Gasteiger partial charge in [-0.05, 0) is 47.0 Å². The van der Waals surface area contributed by atoms with Crippen LogP contribution in [0.5, 0.6) is 0 Å². The maximum atomic E-state index is 12.7. The highest BCUT2D eigenvalue weighted by Crippen LogP contribution is 2.87. The molecular weight excluding hydrogens is 372 g/mol. The number of rotatable bonds is 4. The van der Waals surface area contributed by atoms with Crippen LogP contribution in [0.15, 0.2) is 66.7 Å². The average molecular weight is 396 g/mol. The summed E-state index contributed by atoms with van der Waals surface area (Å²) < 4.78 is 6.19. The number of hydrogen-bond donors (Lipinski definition) is 0. The molecule has 0 radical (unpaired) electrons. The third kappa shape index (κ3) is 1.77. The van der Waals surface area contributed by atoms with Gasteiger partial charge in [-0.3, -0.25) is 0 Å². The second-order valence-corrected chi connectivity index (χ2v) is 9.02. The number of fused-ring (bicyclic) bond motifs is 1. The second-order valence-electron chi connectivity index (χ2n) is 9.02. The molecule has 1 heterocycles. The Bertz CT molecular complexity index is 1140. The van der Waals surface area contributed by atoms with Crippen LogP contribution in [0.4, 0.5) is 11.4 Å². The van der Waals surface area contributed by atoms with E-state index >= 15 is 0 Å². The predicted octanol–water partition coefficient (Wildman–Crippen LogP) is 4.28. The Labute approximate surface area is 176 Å². The van der Waals surface area contributed by atoms with Crippen LogP contribution in [0, 0.1) is 0 Å². The summed E-state index contributed by atoms with van der Waals surface area (Å²) in [5.41, 5.74) is 6.89. The number of nitrogens with zero attached hydrogens (tertiary/aromatic N) is 2. The van der Waals surface area contributed by atoms with Gasteiger partial charge >= 0.3 is 5.97 Å². The highest BCUT2D eigenvalue weighted by atomic mass is 16.6. The first-order valence-corrected chi connectivity index (χ1v) is 10.4. The first kappa shape index (κ1) is 17.6. The van der Waals surface area contributed by atoms with E-state index in [2.05, 4.69) is 64.4 Å². The van der Waals surface area contributed by atoms with E-state index in [1.54, 1.807) is 0 Å². The summed E-state index contributed by atoms with van der Waals surface area (Å²) in [5.74, 6) is -0.0205. The summed E-state index contributed by atoms with van der Waals surface area (Å²) in [6, 6.07) is 23.5. The number of anilines is 2. The minimum atomic E-state index is -0.560. The Kier molecular flexibility index (Phi) is 3.19. The van der Waals surface area contributed by atoms with Crippen molar-refractivity contribution in [2.45, 2.75) is 16.9 Å². The van der Waals surface area contributed by atoms with E-state index in [-0.39, 0.29) is 17.3 Å². The monoisotopic (exact) mass is 396 g/mol. The molecule has 3 aromatic rings. The topological polar surface area (TPSA) is 32.8 Å². The van der Waals surface area contributed by atoms with Gasteiger partial charge in [0.1, 0.15) is 0 Å². The molecule has 0 bridgehead atoms. The highest BCUT2D eigenvalue weighted by molar-refractivity contribution is 6.01. The van der Waals surface area contributed by atoms with Crippen molar-refractivity contribution >= 4 is 17.3 Å². The molecule has 1 spiro atoms. The number of carbonyl (C=O) groups excluding carboxylic acids is 1. The Hall–Kier alpha value is -3.27. The molecule has 0 N–H and O–H groups in total. The summed E-state index contributed by atoms with van der Waals surface area (Å²) in [4.78, 5) is 16.9. The quantitative estimate of drug-likeness (QED) is 0.616. The molecule has 3 aliphatic rings. The van der Waals surface area contributed by atoms with Gasteiger partial charge in [0.25, 0.3) is 0 Å². The van der Waals surface area contributed by atoms with Crippen molar-refractivity contribution in [3.05, 3.63) is 94.5 Å². The molecule has 0 amide bonds. The number of esters is 1. The zero-order chi connectivity index (χ0) is 20.8. The second kappa shape index (κ2) is 5.45. The largest absolute Gasteiger partial charge is 0.448 e. The summed E-state index contributed by atoms with van der Waals surface area (Å²) in [7, 11) is 8.19. The van der Waals surface area contributed by atoms with Crippen molar-refractivity contribution in [2.24, 2.45) is 0 Å². The number of hydrogen-bond acceptors (Lipinski definition) is 4. The van der Waals surface area contributed by atoms with Gasteiger partial charge in [0, 0.05) is 51.0 Å². The minimum Gasteiger partial charge on any atom is -0.448 e. The van der Waals surface area contributed by atoms with E-state index in [1.165, 1.54) is 16.7 Å². The molecule has 1 saturated carbocycles. The lowest BCUT2D eigenvalue weighted by atomic mass is 9.83. The van der Waals surface area contributed by atoms with Gasteiger partial charge in [0.2, 0.25) is 0 Å². The molecule has 0 saturated heterocycles. The van der Waals surface area contributed by atoms with Gasteiger partial charge in [-0.1, -0.05) is 36.4 Å². The lowest BCUT2D eigenvalue weighted by molar-refractivity contribution is 0.0213. The van der Waals surface area contributed by atoms with Crippen LogP contribution in [0.3, 0.4) is 0 Å². The molecule has 0 aromatic heterocycles. The van der Waals surface area contributed by atoms with Gasteiger partial charge in [-0.15, -0.1) is 0 Å². The smallest absolute Gasteiger partial charge is 0.339 e. The van der Waals surface area contributed by atoms with E-state index in [4.69, 9.17) is 4.74 Å². The third-order valence-electron chi connectivity index (χ3n) is 7.27. The fourth-order valence-electron chi connectivity index (χ4n) is 5.92. The van der Waals surface area contributed by atoms with E-state index in [9.17, 15) is 4.79 Å². The van der Waals surface area contributed by atoms with Crippen molar-refractivity contribution in [2.75, 3.05) is 38.0 Å². The normalized spacial score (nSPS) is 23.7. The highest BCUT2D eigenvalue weighted by Gasteiger charge is 2.90. The molecular formula is C26H24N2O2. The molecule has 1 aliphatic heterocycles. The van der Waals surface area contributed by atoms with Crippen LogP contribution < -0.4 is 9.80 Å².